The zero-order valence-corrected chi connectivity index (χ0v) is 23.0. The highest BCUT2D eigenvalue weighted by Gasteiger charge is 2.74. The van der Waals surface area contributed by atoms with Crippen LogP contribution in [0.15, 0.2) is 47.4 Å². The number of fused-ring (bicyclic) bond motifs is 3. The molecule has 3 aliphatic rings. The maximum atomic E-state index is 14.9. The molecule has 15 heteroatoms. The van der Waals surface area contributed by atoms with Gasteiger partial charge in [-0.05, 0) is 73.9 Å². The van der Waals surface area contributed by atoms with E-state index in [1.165, 1.54) is 4.90 Å². The maximum absolute atomic E-state index is 14.9. The monoisotopic (exact) mass is 639 g/mol. The molecule has 1 saturated heterocycles. The highest BCUT2D eigenvalue weighted by Crippen LogP contribution is 2.57. The van der Waals surface area contributed by atoms with E-state index in [0.29, 0.717) is 6.07 Å². The van der Waals surface area contributed by atoms with Gasteiger partial charge in [-0.15, -0.1) is 0 Å². The molecule has 2 unspecified atom stereocenters. The maximum Gasteiger partial charge on any atom is 0.435 e. The van der Waals surface area contributed by atoms with Crippen LogP contribution in [0.2, 0.25) is 0 Å². The molecule has 43 heavy (non-hydrogen) atoms. The summed E-state index contributed by atoms with van der Waals surface area (Å²) in [4.78, 5) is 26.0. The number of hydrogen-bond acceptors (Lipinski definition) is 4. The minimum Gasteiger partial charge on any atom is -0.481 e. The Morgan fingerprint density at radius 1 is 0.884 bits per heavy atom. The van der Waals surface area contributed by atoms with Gasteiger partial charge in [-0.2, -0.15) is 26.3 Å². The molecule has 4 atom stereocenters. The molecule has 0 spiro atoms. The lowest BCUT2D eigenvalue weighted by Gasteiger charge is -2.43. The molecule has 1 amide bonds. The van der Waals surface area contributed by atoms with Gasteiger partial charge in [-0.1, -0.05) is 18.2 Å². The number of aryl methyl sites for hydroxylation is 1. The first-order chi connectivity index (χ1) is 19.9. The van der Waals surface area contributed by atoms with E-state index in [9.17, 15) is 58.2 Å². The lowest BCUT2D eigenvalue weighted by atomic mass is 9.76. The average molecular weight is 640 g/mol. The fourth-order valence-corrected chi connectivity index (χ4v) is 9.35. The van der Waals surface area contributed by atoms with Crippen molar-refractivity contribution in [3.63, 3.8) is 0 Å². The number of carboxylic acid groups (broad SMARTS) is 1. The van der Waals surface area contributed by atoms with Crippen molar-refractivity contribution in [2.75, 3.05) is 6.54 Å². The Labute approximate surface area is 240 Å². The Bertz CT molecular complexity index is 1540. The van der Waals surface area contributed by atoms with Crippen LogP contribution in [0, 0.1) is 17.7 Å². The third-order valence-electron chi connectivity index (χ3n) is 9.08. The molecule has 2 fully saturated rings. The van der Waals surface area contributed by atoms with E-state index in [2.05, 4.69) is 0 Å². The van der Waals surface area contributed by atoms with Crippen LogP contribution in [0.25, 0.3) is 0 Å². The van der Waals surface area contributed by atoms with E-state index in [1.54, 1.807) is 0 Å². The molecule has 6 nitrogen and oxygen atoms in total. The predicted molar refractivity (Wildman–Crippen MR) is 134 cm³/mol. The minimum absolute atomic E-state index is 0.0303. The van der Waals surface area contributed by atoms with Gasteiger partial charge in [0, 0.05) is 18.0 Å². The van der Waals surface area contributed by atoms with Crippen LogP contribution >= 0.6 is 0 Å². The fraction of sp³-hybridized carbons (Fsp3) is 0.500. The number of alkyl halides is 7. The van der Waals surface area contributed by atoms with Gasteiger partial charge < -0.3 is 10.0 Å². The van der Waals surface area contributed by atoms with Gasteiger partial charge in [0.05, 0.1) is 16.9 Å². The van der Waals surface area contributed by atoms with Crippen LogP contribution in [-0.4, -0.2) is 55.2 Å². The van der Waals surface area contributed by atoms with Gasteiger partial charge in [0.25, 0.3) is 0 Å². The number of aliphatic carboxylic acids is 1. The van der Waals surface area contributed by atoms with Crippen LogP contribution in [0.1, 0.15) is 48.8 Å². The van der Waals surface area contributed by atoms with Crippen LogP contribution in [0.3, 0.4) is 0 Å². The Hall–Kier alpha value is -3.23. The molecule has 0 bridgehead atoms. The van der Waals surface area contributed by atoms with Crippen LogP contribution in [0.4, 0.5) is 35.1 Å². The van der Waals surface area contributed by atoms with Crippen molar-refractivity contribution in [3.05, 3.63) is 65.0 Å². The predicted octanol–water partition coefficient (Wildman–Crippen LogP) is 5.83. The zero-order valence-electron chi connectivity index (χ0n) is 22.2. The highest BCUT2D eigenvalue weighted by molar-refractivity contribution is 7.92. The fourth-order valence-electron chi connectivity index (χ4n) is 6.98. The molecule has 0 radical (unpaired) electrons. The number of hydrogen-bond donors (Lipinski definition) is 1. The summed E-state index contributed by atoms with van der Waals surface area (Å²) in [6, 6.07) is 3.95. The second kappa shape index (κ2) is 10.2. The van der Waals surface area contributed by atoms with Gasteiger partial charge in [-0.25, -0.2) is 17.2 Å². The number of carbonyl (C=O) groups excluding carboxylic acids is 1. The summed E-state index contributed by atoms with van der Waals surface area (Å²) in [5.74, 6) is -3.83. The first-order valence-electron chi connectivity index (χ1n) is 13.4. The van der Waals surface area contributed by atoms with Gasteiger partial charge in [0.2, 0.25) is 5.91 Å². The summed E-state index contributed by atoms with van der Waals surface area (Å²) >= 11 is 0. The van der Waals surface area contributed by atoms with Gasteiger partial charge in [0.15, 0.2) is 9.84 Å². The SMILES string of the molecule is O=C(O)C1CCC(C(=O)N2CC[C@]3(S(=O)(=O)c4ccc(F)cc4)c4ccc(C(F)(C(F)(F)F)C(F)(F)F)cc4CC[C@H]23)C1. The second-order valence-corrected chi connectivity index (χ2v) is 13.5. The first-order valence-corrected chi connectivity index (χ1v) is 14.8. The minimum atomic E-state index is -6.37. The quantitative estimate of drug-likeness (QED) is 0.329. The molecule has 5 rings (SSSR count). The molecule has 1 aliphatic heterocycles. The normalized spacial score (nSPS) is 26.2. The topological polar surface area (TPSA) is 91.8 Å². The van der Waals surface area contributed by atoms with E-state index in [4.69, 9.17) is 0 Å². The van der Waals surface area contributed by atoms with E-state index >= 15 is 0 Å². The molecule has 234 valence electrons. The average Bonchev–Trinajstić information content (AvgIpc) is 3.58. The largest absolute Gasteiger partial charge is 0.481 e. The lowest BCUT2D eigenvalue weighted by molar-refractivity contribution is -0.348. The van der Waals surface area contributed by atoms with Crippen LogP contribution < -0.4 is 0 Å². The van der Waals surface area contributed by atoms with Crippen LogP contribution in [-0.2, 0) is 36.3 Å². The molecule has 2 aromatic rings. The van der Waals surface area contributed by atoms with Crippen molar-refractivity contribution in [3.8, 4) is 0 Å². The molecule has 1 saturated carbocycles. The molecular formula is C28H25F8NO5S. The molecule has 2 aliphatic carbocycles. The lowest BCUT2D eigenvalue weighted by Crippen LogP contribution is -2.53. The van der Waals surface area contributed by atoms with Crippen molar-refractivity contribution in [2.24, 2.45) is 11.8 Å². The summed E-state index contributed by atoms with van der Waals surface area (Å²) < 4.78 is 136. The summed E-state index contributed by atoms with van der Waals surface area (Å²) in [7, 11) is -4.60. The Morgan fingerprint density at radius 2 is 1.49 bits per heavy atom. The molecule has 2 aromatic carbocycles. The summed E-state index contributed by atoms with van der Waals surface area (Å²) in [6.45, 7) is -0.155. The van der Waals surface area contributed by atoms with Crippen molar-refractivity contribution < 1.29 is 58.2 Å². The molecule has 1 heterocycles. The Morgan fingerprint density at radius 3 is 2.05 bits per heavy atom. The molecular weight excluding hydrogens is 614 g/mol. The van der Waals surface area contributed by atoms with E-state index in [-0.39, 0.29) is 67.2 Å². The molecule has 1 N–H and O–H groups in total. The third kappa shape index (κ3) is 4.60. The van der Waals surface area contributed by atoms with E-state index in [0.717, 1.165) is 30.3 Å². The number of amides is 1. The van der Waals surface area contributed by atoms with E-state index in [1.807, 2.05) is 0 Å². The van der Waals surface area contributed by atoms with Gasteiger partial charge in [-0.3, -0.25) is 9.59 Å². The van der Waals surface area contributed by atoms with Crippen molar-refractivity contribution in [1.82, 2.24) is 4.90 Å². The second-order valence-electron chi connectivity index (χ2n) is 11.3. The van der Waals surface area contributed by atoms with Crippen LogP contribution in [0.5, 0.6) is 0 Å². The zero-order chi connectivity index (χ0) is 31.8. The smallest absolute Gasteiger partial charge is 0.435 e. The summed E-state index contributed by atoms with van der Waals surface area (Å²) in [5.41, 5.74) is -7.91. The number of carbonyl (C=O) groups is 2. The number of rotatable bonds is 5. The number of halogens is 8. The number of nitrogens with zero attached hydrogens (tertiary/aromatic N) is 1. The van der Waals surface area contributed by atoms with Crippen molar-refractivity contribution in [2.45, 2.75) is 72.2 Å². The Kier molecular flexibility index (Phi) is 7.37. The highest BCUT2D eigenvalue weighted by atomic mass is 32.2. The van der Waals surface area contributed by atoms with E-state index < -0.39 is 73.7 Å². The standard InChI is InChI=1S/C28H25F8NO5S/c29-19-5-7-20(8-6-19)43(41,42)25-11-12-37(23(38)16-1-2-17(13-16)24(39)40)22(25)10-3-15-14-18(4-9-21(15)25)26(30,27(31,32)33)28(34,35)36/h4-9,14,16-17,22H,1-3,10-13H2,(H,39,40)/t16?,17?,22-,25-/m0/s1. The van der Waals surface area contributed by atoms with Gasteiger partial charge >= 0.3 is 24.0 Å². The van der Waals surface area contributed by atoms with Crippen molar-refractivity contribution >= 4 is 21.7 Å². The number of carboxylic acids is 1. The first kappa shape index (κ1) is 31.2. The third-order valence-corrected chi connectivity index (χ3v) is 11.6. The Balaban J connectivity index is 1.65. The van der Waals surface area contributed by atoms with Crippen molar-refractivity contribution in [1.29, 1.82) is 0 Å². The number of sulfone groups is 1. The van der Waals surface area contributed by atoms with Gasteiger partial charge in [0.1, 0.15) is 10.6 Å². The molecule has 0 aromatic heterocycles. The summed E-state index contributed by atoms with van der Waals surface area (Å²) in [5, 5.41) is 9.35. The number of benzene rings is 2. The number of likely N-dealkylation sites (tertiary alicyclic amines) is 1. The summed E-state index contributed by atoms with van der Waals surface area (Å²) in [6.07, 6.45) is -13.0.